The van der Waals surface area contributed by atoms with Crippen LogP contribution in [0.5, 0.6) is 5.75 Å². The normalized spacial score (nSPS) is 12.9. The van der Waals surface area contributed by atoms with Crippen molar-refractivity contribution in [1.29, 1.82) is 5.26 Å². The molecular formula is C22H17BrN6O3S. The lowest BCUT2D eigenvalue weighted by Gasteiger charge is -2.05. The summed E-state index contributed by atoms with van der Waals surface area (Å²) in [5.41, 5.74) is 2.08. The molecule has 11 heteroatoms. The van der Waals surface area contributed by atoms with Crippen molar-refractivity contribution in [1.82, 2.24) is 9.88 Å². The average molecular weight is 525 g/mol. The molecule has 0 fully saturated rings. The van der Waals surface area contributed by atoms with E-state index >= 15 is 0 Å². The largest absolute Gasteiger partial charge is 0.497 e. The van der Waals surface area contributed by atoms with Crippen molar-refractivity contribution < 1.29 is 14.3 Å². The third-order valence-corrected chi connectivity index (χ3v) is 6.88. The fourth-order valence-corrected chi connectivity index (χ4v) is 4.74. The van der Waals surface area contributed by atoms with Crippen LogP contribution in [-0.2, 0) is 0 Å². The predicted molar refractivity (Wildman–Crippen MR) is 128 cm³/mol. The van der Waals surface area contributed by atoms with E-state index in [-0.39, 0.29) is 26.9 Å². The van der Waals surface area contributed by atoms with Crippen LogP contribution in [0.2, 0.25) is 0 Å². The molecule has 0 atom stereocenters. The van der Waals surface area contributed by atoms with Crippen LogP contribution in [0.1, 0.15) is 26.3 Å². The lowest BCUT2D eigenvalue weighted by atomic mass is 10.0. The van der Waals surface area contributed by atoms with Gasteiger partial charge in [-0.15, -0.1) is 10.2 Å². The van der Waals surface area contributed by atoms with E-state index in [4.69, 9.17) is 4.74 Å². The summed E-state index contributed by atoms with van der Waals surface area (Å²) in [7, 11) is 6.74. The van der Waals surface area contributed by atoms with E-state index in [2.05, 4.69) is 31.1 Å². The number of thiazole rings is 1. The molecule has 0 saturated heterocycles. The van der Waals surface area contributed by atoms with Gasteiger partial charge in [-0.05, 0) is 46.3 Å². The Labute approximate surface area is 202 Å². The van der Waals surface area contributed by atoms with Crippen LogP contribution in [0.25, 0.3) is 11.3 Å². The highest BCUT2D eigenvalue weighted by Gasteiger charge is 2.37. The molecule has 0 bridgehead atoms. The molecule has 0 unspecified atom stereocenters. The number of carbonyl (C=O) groups excluding carboxylic acids is 2. The van der Waals surface area contributed by atoms with Crippen LogP contribution in [0.4, 0.5) is 15.8 Å². The van der Waals surface area contributed by atoms with Gasteiger partial charge >= 0.3 is 0 Å². The number of anilines is 1. The standard InChI is InChI=1S/C22H17BrN6O3S/c1-28(2)22-25-18(11-5-7-13(32-4)8-6-11)19(33-22)27-26-17-12(10-24)9-14-15(16(17)23)21(31)29(3)20(14)30/h5-9H,1-4H3. The number of rotatable bonds is 5. The van der Waals surface area contributed by atoms with Crippen LogP contribution in [0.15, 0.2) is 45.0 Å². The summed E-state index contributed by atoms with van der Waals surface area (Å²) in [5.74, 6) is -0.208. The highest BCUT2D eigenvalue weighted by atomic mass is 79.9. The zero-order chi connectivity index (χ0) is 23.9. The Kier molecular flexibility index (Phi) is 5.97. The van der Waals surface area contributed by atoms with Crippen LogP contribution in [0.3, 0.4) is 0 Å². The second kappa shape index (κ2) is 8.73. The van der Waals surface area contributed by atoms with Gasteiger partial charge in [-0.1, -0.05) is 11.3 Å². The van der Waals surface area contributed by atoms with Crippen LogP contribution < -0.4 is 9.64 Å². The third-order valence-electron chi connectivity index (χ3n) is 5.00. The number of fused-ring (bicyclic) bond motifs is 1. The van der Waals surface area contributed by atoms with Crippen molar-refractivity contribution in [2.24, 2.45) is 10.2 Å². The number of hydrogen-bond acceptors (Lipinski definition) is 9. The number of nitrogens with zero attached hydrogens (tertiary/aromatic N) is 6. The maximum Gasteiger partial charge on any atom is 0.262 e. The van der Waals surface area contributed by atoms with E-state index in [1.807, 2.05) is 49.3 Å². The number of nitriles is 1. The van der Waals surface area contributed by atoms with Crippen molar-refractivity contribution in [3.63, 3.8) is 0 Å². The van der Waals surface area contributed by atoms with Crippen molar-refractivity contribution >= 4 is 54.9 Å². The van der Waals surface area contributed by atoms with Crippen molar-refractivity contribution in [2.45, 2.75) is 0 Å². The summed E-state index contributed by atoms with van der Waals surface area (Å²) in [6, 6.07) is 10.8. The molecule has 2 heterocycles. The minimum absolute atomic E-state index is 0.129. The number of benzene rings is 2. The fourth-order valence-electron chi connectivity index (χ4n) is 3.23. The van der Waals surface area contributed by atoms with Crippen LogP contribution in [0, 0.1) is 11.3 Å². The van der Waals surface area contributed by atoms with Gasteiger partial charge in [-0.25, -0.2) is 4.98 Å². The molecule has 4 rings (SSSR count). The number of carbonyl (C=O) groups is 2. The summed E-state index contributed by atoms with van der Waals surface area (Å²) in [5, 5.41) is 19.6. The summed E-state index contributed by atoms with van der Waals surface area (Å²) in [6.45, 7) is 0. The Morgan fingerprint density at radius 2 is 1.88 bits per heavy atom. The van der Waals surface area contributed by atoms with E-state index in [1.54, 1.807) is 7.11 Å². The van der Waals surface area contributed by atoms with Crippen molar-refractivity contribution in [3.8, 4) is 23.1 Å². The minimum Gasteiger partial charge on any atom is -0.497 e. The molecule has 0 spiro atoms. The topological polar surface area (TPSA) is 111 Å². The van der Waals surface area contributed by atoms with Gasteiger partial charge in [-0.3, -0.25) is 14.5 Å². The Hall–Kier alpha value is -3.62. The SMILES string of the molecule is COc1ccc(-c2nc(N(C)C)sc2N=Nc2c(C#N)cc3c(c2Br)C(=O)N(C)C3=O)cc1. The number of azo groups is 1. The molecule has 1 aromatic heterocycles. The summed E-state index contributed by atoms with van der Waals surface area (Å²) in [4.78, 5) is 32.4. The number of ether oxygens (including phenoxy) is 1. The predicted octanol–water partition coefficient (Wildman–Crippen LogP) is 5.16. The van der Waals surface area contributed by atoms with Gasteiger partial charge in [-0.2, -0.15) is 5.26 Å². The Morgan fingerprint density at radius 3 is 2.48 bits per heavy atom. The van der Waals surface area contributed by atoms with E-state index in [0.717, 1.165) is 21.3 Å². The van der Waals surface area contributed by atoms with E-state index in [0.29, 0.717) is 10.7 Å². The molecule has 0 saturated carbocycles. The molecule has 1 aliphatic rings. The maximum absolute atomic E-state index is 12.5. The molecular weight excluding hydrogens is 508 g/mol. The first kappa shape index (κ1) is 22.6. The van der Waals surface area contributed by atoms with E-state index < -0.39 is 11.8 Å². The first-order valence-electron chi connectivity index (χ1n) is 9.60. The van der Waals surface area contributed by atoms with E-state index in [1.165, 1.54) is 24.5 Å². The first-order chi connectivity index (χ1) is 15.8. The molecule has 0 radical (unpaired) electrons. The summed E-state index contributed by atoms with van der Waals surface area (Å²) in [6.07, 6.45) is 0. The number of hydrogen-bond donors (Lipinski definition) is 0. The highest BCUT2D eigenvalue weighted by Crippen LogP contribution is 2.43. The molecule has 166 valence electrons. The minimum atomic E-state index is -0.463. The summed E-state index contributed by atoms with van der Waals surface area (Å²) >= 11 is 4.70. The Bertz CT molecular complexity index is 1360. The molecule has 33 heavy (non-hydrogen) atoms. The van der Waals surface area contributed by atoms with Gasteiger partial charge in [0.25, 0.3) is 11.8 Å². The monoisotopic (exact) mass is 524 g/mol. The van der Waals surface area contributed by atoms with Gasteiger partial charge in [0.2, 0.25) is 0 Å². The lowest BCUT2D eigenvalue weighted by molar-refractivity contribution is 0.0693. The smallest absolute Gasteiger partial charge is 0.262 e. The zero-order valence-corrected chi connectivity index (χ0v) is 20.5. The van der Waals surface area contributed by atoms with Gasteiger partial charge in [0.15, 0.2) is 10.1 Å². The lowest BCUT2D eigenvalue weighted by Crippen LogP contribution is -2.24. The average Bonchev–Trinajstić information content (AvgIpc) is 3.34. The van der Waals surface area contributed by atoms with Gasteiger partial charge in [0.1, 0.15) is 23.2 Å². The second-order valence-corrected chi connectivity index (χ2v) is 9.01. The van der Waals surface area contributed by atoms with Crippen LogP contribution >= 0.6 is 27.3 Å². The third kappa shape index (κ3) is 3.88. The molecule has 1 aliphatic heterocycles. The maximum atomic E-state index is 12.5. The highest BCUT2D eigenvalue weighted by molar-refractivity contribution is 9.10. The van der Waals surface area contributed by atoms with Crippen molar-refractivity contribution in [3.05, 3.63) is 51.5 Å². The number of methoxy groups -OCH3 is 1. The molecule has 2 amide bonds. The molecule has 0 aliphatic carbocycles. The van der Waals surface area contributed by atoms with E-state index in [9.17, 15) is 14.9 Å². The second-order valence-electron chi connectivity index (χ2n) is 7.26. The number of imide groups is 1. The van der Waals surface area contributed by atoms with Crippen molar-refractivity contribution in [2.75, 3.05) is 33.2 Å². The Balaban J connectivity index is 1.83. The van der Waals surface area contributed by atoms with Gasteiger partial charge in [0, 0.05) is 26.7 Å². The fraction of sp³-hybridized carbons (Fsp3) is 0.182. The number of halogens is 1. The van der Waals surface area contributed by atoms with Gasteiger partial charge < -0.3 is 9.64 Å². The summed E-state index contributed by atoms with van der Waals surface area (Å²) < 4.78 is 5.48. The number of aromatic nitrogens is 1. The Morgan fingerprint density at radius 1 is 1.18 bits per heavy atom. The molecule has 0 N–H and O–H groups in total. The molecule has 2 aromatic carbocycles. The molecule has 3 aromatic rings. The number of amides is 2. The molecule has 9 nitrogen and oxygen atoms in total. The quantitative estimate of drug-likeness (QED) is 0.336. The van der Waals surface area contributed by atoms with Crippen LogP contribution in [-0.4, -0.2) is 50.0 Å². The van der Waals surface area contributed by atoms with Gasteiger partial charge in [0.05, 0.1) is 28.3 Å². The zero-order valence-electron chi connectivity index (χ0n) is 18.1. The first-order valence-corrected chi connectivity index (χ1v) is 11.2.